The highest BCUT2D eigenvalue weighted by Gasteiger charge is 2.16. The third kappa shape index (κ3) is 3.17. The first-order valence-electron chi connectivity index (χ1n) is 5.05. The van der Waals surface area contributed by atoms with Crippen LogP contribution in [0.15, 0.2) is 24.3 Å². The molecule has 0 N–H and O–H groups in total. The lowest BCUT2D eigenvalue weighted by Gasteiger charge is -2.05. The Balaban J connectivity index is 2.50. The van der Waals surface area contributed by atoms with Gasteiger partial charge in [-0.05, 0) is 25.7 Å². The number of ketones is 1. The van der Waals surface area contributed by atoms with Crippen LogP contribution in [0.4, 0.5) is 0 Å². The molecule has 1 aliphatic rings. The second-order valence-corrected chi connectivity index (χ2v) is 3.81. The fourth-order valence-corrected chi connectivity index (χ4v) is 1.65. The van der Waals surface area contributed by atoms with Gasteiger partial charge in [0.2, 0.25) is 0 Å². The van der Waals surface area contributed by atoms with Crippen molar-refractivity contribution in [3.63, 3.8) is 0 Å². The lowest BCUT2D eigenvalue weighted by molar-refractivity contribution is -0.121. The largest absolute Gasteiger partial charge is 0.299 e. The second-order valence-electron chi connectivity index (χ2n) is 3.81. The molecule has 1 heteroatoms. The monoisotopic (exact) mass is 178 g/mol. The number of hydrogen-bond donors (Lipinski definition) is 0. The quantitative estimate of drug-likeness (QED) is 0.606. The van der Waals surface area contributed by atoms with Crippen molar-refractivity contribution < 1.29 is 4.79 Å². The number of rotatable bonds is 3. The number of hydrogen-bond acceptors (Lipinski definition) is 1. The van der Waals surface area contributed by atoms with Gasteiger partial charge in [-0.25, -0.2) is 0 Å². The van der Waals surface area contributed by atoms with Crippen LogP contribution in [-0.2, 0) is 4.79 Å². The van der Waals surface area contributed by atoms with Crippen molar-refractivity contribution in [1.82, 2.24) is 0 Å². The Hall–Kier alpha value is -0.850. The molecular weight excluding hydrogens is 160 g/mol. The van der Waals surface area contributed by atoms with E-state index in [2.05, 4.69) is 12.7 Å². The molecule has 0 spiro atoms. The number of carbonyl (C=O) groups excluding carboxylic acids is 1. The van der Waals surface area contributed by atoms with Crippen molar-refractivity contribution in [3.05, 3.63) is 24.3 Å². The van der Waals surface area contributed by atoms with Crippen LogP contribution in [-0.4, -0.2) is 5.78 Å². The normalized spacial score (nSPS) is 23.6. The first kappa shape index (κ1) is 10.2. The van der Waals surface area contributed by atoms with E-state index in [4.69, 9.17) is 0 Å². The van der Waals surface area contributed by atoms with Gasteiger partial charge in [0, 0.05) is 12.3 Å². The Morgan fingerprint density at radius 1 is 1.69 bits per heavy atom. The molecule has 1 rings (SSSR count). The zero-order valence-electron chi connectivity index (χ0n) is 8.38. The van der Waals surface area contributed by atoms with Crippen molar-refractivity contribution in [2.75, 3.05) is 0 Å². The van der Waals surface area contributed by atoms with E-state index in [1.807, 2.05) is 13.0 Å². The first-order chi connectivity index (χ1) is 6.24. The third-order valence-corrected chi connectivity index (χ3v) is 2.65. The number of allylic oxidation sites excluding steroid dienone is 3. The summed E-state index contributed by atoms with van der Waals surface area (Å²) in [7, 11) is 0. The van der Waals surface area contributed by atoms with Crippen LogP contribution in [0.1, 0.15) is 39.0 Å². The van der Waals surface area contributed by atoms with Gasteiger partial charge in [0.25, 0.3) is 0 Å². The highest BCUT2D eigenvalue weighted by molar-refractivity contribution is 5.83. The SMILES string of the molecule is C=CCCC1=CCCC(C)C(=O)C1. The molecule has 0 aromatic carbocycles. The summed E-state index contributed by atoms with van der Waals surface area (Å²) in [5, 5.41) is 0. The van der Waals surface area contributed by atoms with Crippen LogP contribution >= 0.6 is 0 Å². The van der Waals surface area contributed by atoms with Crippen molar-refractivity contribution in [3.8, 4) is 0 Å². The molecule has 0 heterocycles. The summed E-state index contributed by atoms with van der Waals surface area (Å²) in [4.78, 5) is 11.5. The lowest BCUT2D eigenvalue weighted by atomic mass is 9.98. The van der Waals surface area contributed by atoms with Crippen molar-refractivity contribution in [2.45, 2.75) is 39.0 Å². The number of carbonyl (C=O) groups is 1. The second kappa shape index (κ2) is 5.00. The Bertz CT molecular complexity index is 225. The van der Waals surface area contributed by atoms with E-state index in [1.54, 1.807) is 0 Å². The minimum atomic E-state index is 0.262. The van der Waals surface area contributed by atoms with Crippen molar-refractivity contribution >= 4 is 5.78 Å². The maximum atomic E-state index is 11.5. The molecule has 1 unspecified atom stereocenters. The molecule has 0 aliphatic heterocycles. The Morgan fingerprint density at radius 2 is 2.46 bits per heavy atom. The maximum Gasteiger partial charge on any atom is 0.139 e. The summed E-state index contributed by atoms with van der Waals surface area (Å²) in [6.45, 7) is 5.72. The summed E-state index contributed by atoms with van der Waals surface area (Å²) >= 11 is 0. The van der Waals surface area contributed by atoms with Crippen LogP contribution < -0.4 is 0 Å². The van der Waals surface area contributed by atoms with E-state index < -0.39 is 0 Å². The van der Waals surface area contributed by atoms with E-state index >= 15 is 0 Å². The summed E-state index contributed by atoms with van der Waals surface area (Å²) in [5.74, 6) is 0.672. The molecule has 1 atom stereocenters. The maximum absolute atomic E-state index is 11.5. The predicted octanol–water partition coefficient (Wildman–Crippen LogP) is 3.27. The van der Waals surface area contributed by atoms with Crippen LogP contribution in [0.5, 0.6) is 0 Å². The lowest BCUT2D eigenvalue weighted by Crippen LogP contribution is -2.08. The summed E-state index contributed by atoms with van der Waals surface area (Å²) in [6.07, 6.45) is 8.94. The molecule has 13 heavy (non-hydrogen) atoms. The van der Waals surface area contributed by atoms with E-state index in [0.717, 1.165) is 25.7 Å². The molecule has 0 bridgehead atoms. The summed E-state index contributed by atoms with van der Waals surface area (Å²) in [5.41, 5.74) is 1.31. The van der Waals surface area contributed by atoms with Gasteiger partial charge in [-0.3, -0.25) is 4.79 Å². The zero-order chi connectivity index (χ0) is 9.68. The van der Waals surface area contributed by atoms with Crippen LogP contribution in [0.2, 0.25) is 0 Å². The Morgan fingerprint density at radius 3 is 3.15 bits per heavy atom. The predicted molar refractivity (Wildman–Crippen MR) is 55.5 cm³/mol. The number of Topliss-reactive ketones (excluding diaryl/α,β-unsaturated/α-hetero) is 1. The average Bonchev–Trinajstić information content (AvgIpc) is 2.26. The molecule has 0 fully saturated rings. The van der Waals surface area contributed by atoms with Gasteiger partial charge in [-0.2, -0.15) is 0 Å². The van der Waals surface area contributed by atoms with Crippen LogP contribution in [0, 0.1) is 5.92 Å². The summed E-state index contributed by atoms with van der Waals surface area (Å²) in [6, 6.07) is 0. The molecule has 1 aliphatic carbocycles. The summed E-state index contributed by atoms with van der Waals surface area (Å²) < 4.78 is 0. The first-order valence-corrected chi connectivity index (χ1v) is 5.05. The van der Waals surface area contributed by atoms with Gasteiger partial charge in [0.05, 0.1) is 0 Å². The molecule has 0 saturated heterocycles. The highest BCUT2D eigenvalue weighted by Crippen LogP contribution is 2.22. The molecule has 0 saturated carbocycles. The molecular formula is C12H18O. The van der Waals surface area contributed by atoms with Gasteiger partial charge in [0.15, 0.2) is 0 Å². The molecule has 0 aromatic heterocycles. The fourth-order valence-electron chi connectivity index (χ4n) is 1.65. The van der Waals surface area contributed by atoms with E-state index in [-0.39, 0.29) is 5.92 Å². The van der Waals surface area contributed by atoms with Gasteiger partial charge < -0.3 is 0 Å². The van der Waals surface area contributed by atoms with E-state index in [1.165, 1.54) is 5.57 Å². The topological polar surface area (TPSA) is 17.1 Å². The van der Waals surface area contributed by atoms with Crippen molar-refractivity contribution in [2.24, 2.45) is 5.92 Å². The van der Waals surface area contributed by atoms with E-state index in [0.29, 0.717) is 12.2 Å². The van der Waals surface area contributed by atoms with Crippen molar-refractivity contribution in [1.29, 1.82) is 0 Å². The minimum Gasteiger partial charge on any atom is -0.299 e. The third-order valence-electron chi connectivity index (χ3n) is 2.65. The van der Waals surface area contributed by atoms with Gasteiger partial charge in [0.1, 0.15) is 5.78 Å². The molecule has 0 aromatic rings. The Kier molecular flexibility index (Phi) is 3.94. The van der Waals surface area contributed by atoms with Gasteiger partial charge in [-0.1, -0.05) is 24.6 Å². The average molecular weight is 178 g/mol. The van der Waals surface area contributed by atoms with Gasteiger partial charge in [-0.15, -0.1) is 6.58 Å². The van der Waals surface area contributed by atoms with E-state index in [9.17, 15) is 4.79 Å². The minimum absolute atomic E-state index is 0.262. The van der Waals surface area contributed by atoms with Crippen LogP contribution in [0.25, 0.3) is 0 Å². The zero-order valence-corrected chi connectivity index (χ0v) is 8.38. The van der Waals surface area contributed by atoms with Gasteiger partial charge >= 0.3 is 0 Å². The fraction of sp³-hybridized carbons (Fsp3) is 0.583. The molecule has 72 valence electrons. The van der Waals surface area contributed by atoms with Crippen LogP contribution in [0.3, 0.4) is 0 Å². The smallest absolute Gasteiger partial charge is 0.139 e. The molecule has 0 radical (unpaired) electrons. The standard InChI is InChI=1S/C12H18O/c1-3-4-7-11-8-5-6-10(2)12(13)9-11/h3,8,10H,1,4-7,9H2,2H3. The molecule has 0 amide bonds. The Labute approximate surface area is 80.5 Å². The molecule has 1 nitrogen and oxygen atoms in total. The highest BCUT2D eigenvalue weighted by atomic mass is 16.1.